The molecule has 136 valence electrons. The molecule has 14 heteroatoms. The van der Waals surface area contributed by atoms with Crippen molar-refractivity contribution in [2.45, 2.75) is 6.17 Å². The minimum Gasteiger partial charge on any atom is -0.364 e. The topological polar surface area (TPSA) is 165 Å². The highest BCUT2D eigenvalue weighted by atomic mass is 79.9. The second-order valence-corrected chi connectivity index (χ2v) is 6.88. The van der Waals surface area contributed by atoms with Crippen molar-refractivity contribution in [3.05, 3.63) is 39.1 Å². The van der Waals surface area contributed by atoms with Crippen LogP contribution in [0.2, 0.25) is 0 Å². The van der Waals surface area contributed by atoms with Crippen molar-refractivity contribution < 1.29 is 17.4 Å². The highest BCUT2D eigenvalue weighted by molar-refractivity contribution is 9.10. The lowest BCUT2D eigenvalue weighted by Crippen LogP contribution is -2.34. The Bertz CT molecular complexity index is 847. The van der Waals surface area contributed by atoms with Gasteiger partial charge in [0.1, 0.15) is 5.82 Å². The second-order valence-electron chi connectivity index (χ2n) is 4.65. The zero-order chi connectivity index (χ0) is 18.4. The Morgan fingerprint density at radius 1 is 1.36 bits per heavy atom. The van der Waals surface area contributed by atoms with E-state index in [4.69, 9.17) is 5.14 Å². The minimum atomic E-state index is -3.81. The van der Waals surface area contributed by atoms with Crippen LogP contribution in [0.1, 0.15) is 11.9 Å². The maximum atomic E-state index is 13.2. The third-order valence-electron chi connectivity index (χ3n) is 2.82. The SMILES string of the molecule is NS(=O)(=O)NCCNc1nonc1C(N=O)Nc1ccc(F)c(Br)c1. The Balaban J connectivity index is 2.04. The number of nitrogens with one attached hydrogen (secondary N) is 3. The molecular formula is C11H13BrFN7O4S. The molecule has 0 aliphatic heterocycles. The largest absolute Gasteiger partial charge is 0.364 e. The molecule has 0 fully saturated rings. The van der Waals surface area contributed by atoms with Gasteiger partial charge in [0.05, 0.1) is 4.47 Å². The molecule has 0 saturated heterocycles. The van der Waals surface area contributed by atoms with E-state index in [9.17, 15) is 17.7 Å². The predicted molar refractivity (Wildman–Crippen MR) is 90.2 cm³/mol. The van der Waals surface area contributed by atoms with Crippen molar-refractivity contribution in [1.29, 1.82) is 0 Å². The summed E-state index contributed by atoms with van der Waals surface area (Å²) in [7, 11) is -3.81. The average molecular weight is 438 g/mol. The summed E-state index contributed by atoms with van der Waals surface area (Å²) in [4.78, 5) is 11.1. The van der Waals surface area contributed by atoms with E-state index in [1.165, 1.54) is 18.2 Å². The summed E-state index contributed by atoms with van der Waals surface area (Å²) in [6.45, 7) is 0.0774. The molecule has 0 bridgehead atoms. The van der Waals surface area contributed by atoms with Gasteiger partial charge in [0.15, 0.2) is 11.5 Å². The normalized spacial score (nSPS) is 12.6. The van der Waals surface area contributed by atoms with Gasteiger partial charge in [0.25, 0.3) is 10.2 Å². The molecule has 0 aliphatic rings. The van der Waals surface area contributed by atoms with E-state index < -0.39 is 22.2 Å². The number of nitrogens with zero attached hydrogens (tertiary/aromatic N) is 3. The lowest BCUT2D eigenvalue weighted by atomic mass is 10.2. The zero-order valence-electron chi connectivity index (χ0n) is 12.4. The second kappa shape index (κ2) is 8.28. The lowest BCUT2D eigenvalue weighted by Gasteiger charge is -2.12. The van der Waals surface area contributed by atoms with Crippen LogP contribution in [0.5, 0.6) is 0 Å². The molecule has 1 aromatic carbocycles. The van der Waals surface area contributed by atoms with E-state index in [0.29, 0.717) is 5.69 Å². The highest BCUT2D eigenvalue weighted by Crippen LogP contribution is 2.26. The van der Waals surface area contributed by atoms with Gasteiger partial charge in [-0.3, -0.25) is 0 Å². The van der Waals surface area contributed by atoms with Crippen molar-refractivity contribution in [3.63, 3.8) is 0 Å². The maximum Gasteiger partial charge on any atom is 0.274 e. The number of hydrogen-bond donors (Lipinski definition) is 4. The Morgan fingerprint density at radius 3 is 2.76 bits per heavy atom. The highest BCUT2D eigenvalue weighted by Gasteiger charge is 2.22. The van der Waals surface area contributed by atoms with E-state index in [1.54, 1.807) is 0 Å². The van der Waals surface area contributed by atoms with Crippen LogP contribution in [0, 0.1) is 10.7 Å². The number of aromatic nitrogens is 2. The molecule has 0 spiro atoms. The smallest absolute Gasteiger partial charge is 0.274 e. The standard InChI is InChI=1S/C11H13BrFN7O4S/c12-7-5-6(1-2-8(7)13)17-11(18-21)9-10(20-24-19-9)15-3-4-16-25(14,22)23/h1-2,5,11,16-17H,3-4H2,(H,15,20)(H2,14,22,23). The van der Waals surface area contributed by atoms with E-state index >= 15 is 0 Å². The lowest BCUT2D eigenvalue weighted by molar-refractivity contribution is 0.303. The van der Waals surface area contributed by atoms with E-state index in [1.807, 2.05) is 0 Å². The van der Waals surface area contributed by atoms with Crippen LogP contribution in [-0.4, -0.2) is 31.8 Å². The molecular weight excluding hydrogens is 425 g/mol. The average Bonchev–Trinajstić information content (AvgIpc) is 3.00. The molecule has 25 heavy (non-hydrogen) atoms. The number of rotatable bonds is 9. The van der Waals surface area contributed by atoms with Crippen LogP contribution in [0.3, 0.4) is 0 Å². The van der Waals surface area contributed by atoms with Gasteiger partial charge in [-0.25, -0.2) is 18.9 Å². The number of nitroso groups, excluding NO2 is 1. The molecule has 2 rings (SSSR count). The van der Waals surface area contributed by atoms with Crippen LogP contribution in [-0.2, 0) is 10.2 Å². The first kappa shape index (κ1) is 19.2. The van der Waals surface area contributed by atoms with Crippen molar-refractivity contribution in [2.75, 3.05) is 23.7 Å². The van der Waals surface area contributed by atoms with Gasteiger partial charge in [0, 0.05) is 18.8 Å². The monoisotopic (exact) mass is 437 g/mol. The molecule has 1 heterocycles. The molecule has 0 aliphatic carbocycles. The van der Waals surface area contributed by atoms with Gasteiger partial charge < -0.3 is 10.6 Å². The summed E-state index contributed by atoms with van der Waals surface area (Å²) in [5.74, 6) is -0.372. The van der Waals surface area contributed by atoms with E-state index in [0.717, 1.165) is 0 Å². The van der Waals surface area contributed by atoms with Crippen LogP contribution in [0.4, 0.5) is 15.9 Å². The third-order valence-corrected chi connectivity index (χ3v) is 4.04. The molecule has 0 saturated carbocycles. The minimum absolute atomic E-state index is 0.0251. The van der Waals surface area contributed by atoms with Crippen molar-refractivity contribution in [3.8, 4) is 0 Å². The summed E-state index contributed by atoms with van der Waals surface area (Å²) >= 11 is 3.03. The zero-order valence-corrected chi connectivity index (χ0v) is 14.8. The number of hydrogen-bond acceptors (Lipinski definition) is 9. The first-order chi connectivity index (χ1) is 11.8. The van der Waals surface area contributed by atoms with Crippen LogP contribution < -0.4 is 20.5 Å². The summed E-state index contributed by atoms with van der Waals surface area (Å²) in [5, 5.41) is 20.3. The Hall–Kier alpha value is -2.16. The Morgan fingerprint density at radius 2 is 2.12 bits per heavy atom. The summed E-state index contributed by atoms with van der Waals surface area (Å²) in [6.07, 6.45) is -1.17. The quantitative estimate of drug-likeness (QED) is 0.333. The summed E-state index contributed by atoms with van der Waals surface area (Å²) < 4.78 is 41.6. The first-order valence-electron chi connectivity index (χ1n) is 6.68. The number of nitrogens with two attached hydrogens (primary N) is 1. The van der Waals surface area contributed by atoms with Crippen molar-refractivity contribution in [1.82, 2.24) is 15.0 Å². The van der Waals surface area contributed by atoms with E-state index in [2.05, 4.69) is 51.4 Å². The van der Waals surface area contributed by atoms with Crippen LogP contribution in [0.25, 0.3) is 0 Å². The maximum absolute atomic E-state index is 13.2. The van der Waals surface area contributed by atoms with Gasteiger partial charge in [-0.2, -0.15) is 8.42 Å². The van der Waals surface area contributed by atoms with Gasteiger partial charge in [-0.05, 0) is 49.6 Å². The predicted octanol–water partition coefficient (Wildman–Crippen LogP) is 1.05. The van der Waals surface area contributed by atoms with Gasteiger partial charge in [-0.1, -0.05) is 0 Å². The fraction of sp³-hybridized carbons (Fsp3) is 0.273. The molecule has 11 nitrogen and oxygen atoms in total. The number of benzene rings is 1. The Labute approximate surface area is 149 Å². The molecule has 1 aromatic heterocycles. The molecule has 0 radical (unpaired) electrons. The molecule has 0 amide bonds. The van der Waals surface area contributed by atoms with Gasteiger partial charge >= 0.3 is 0 Å². The van der Waals surface area contributed by atoms with Crippen LogP contribution >= 0.6 is 15.9 Å². The van der Waals surface area contributed by atoms with Crippen LogP contribution in [0.15, 0.2) is 32.5 Å². The van der Waals surface area contributed by atoms with E-state index in [-0.39, 0.29) is 29.1 Å². The first-order valence-corrected chi connectivity index (χ1v) is 9.02. The number of anilines is 2. The number of halogens is 2. The summed E-state index contributed by atoms with van der Waals surface area (Å²) in [6, 6.07) is 4.03. The Kier molecular flexibility index (Phi) is 6.35. The molecule has 2 aromatic rings. The summed E-state index contributed by atoms with van der Waals surface area (Å²) in [5.41, 5.74) is 0.453. The molecule has 1 unspecified atom stereocenters. The van der Waals surface area contributed by atoms with Crippen molar-refractivity contribution >= 4 is 37.6 Å². The fourth-order valence-electron chi connectivity index (χ4n) is 1.76. The van der Waals surface area contributed by atoms with Gasteiger partial charge in [-0.15, -0.1) is 4.91 Å². The molecule has 1 atom stereocenters. The fourth-order valence-corrected chi connectivity index (χ4v) is 2.53. The molecule has 5 N–H and O–H groups in total. The third kappa shape index (κ3) is 5.70. The van der Waals surface area contributed by atoms with Gasteiger partial charge in [0.2, 0.25) is 6.17 Å². The van der Waals surface area contributed by atoms with Crippen molar-refractivity contribution in [2.24, 2.45) is 10.3 Å².